The first-order chi connectivity index (χ1) is 12.8. The molecule has 0 aliphatic carbocycles. The van der Waals surface area contributed by atoms with Crippen molar-refractivity contribution in [2.75, 3.05) is 29.9 Å². The molecular weight excluding hydrogens is 355 g/mol. The minimum absolute atomic E-state index is 0.0602. The quantitative estimate of drug-likeness (QED) is 0.819. The Morgan fingerprint density at radius 1 is 1.07 bits per heavy atom. The Balaban J connectivity index is 1.67. The summed E-state index contributed by atoms with van der Waals surface area (Å²) in [5.74, 6) is 0. The Labute approximate surface area is 156 Å². The van der Waals surface area contributed by atoms with Gasteiger partial charge in [-0.05, 0) is 38.1 Å². The van der Waals surface area contributed by atoms with E-state index in [1.807, 2.05) is 38.1 Å². The van der Waals surface area contributed by atoms with Crippen LogP contribution in [-0.4, -0.2) is 36.6 Å². The molecule has 1 heterocycles. The van der Waals surface area contributed by atoms with Gasteiger partial charge in [-0.25, -0.2) is 4.79 Å². The molecule has 1 aliphatic rings. The van der Waals surface area contributed by atoms with Crippen molar-refractivity contribution in [1.82, 2.24) is 4.90 Å². The molecule has 0 bridgehead atoms. The van der Waals surface area contributed by atoms with E-state index in [0.29, 0.717) is 19.6 Å². The van der Waals surface area contributed by atoms with Crippen LogP contribution in [0.5, 0.6) is 0 Å². The van der Waals surface area contributed by atoms with E-state index >= 15 is 0 Å². The lowest BCUT2D eigenvalue weighted by atomic mass is 10.1. The van der Waals surface area contributed by atoms with Crippen LogP contribution in [0, 0.1) is 6.92 Å². The van der Waals surface area contributed by atoms with Crippen LogP contribution in [0.2, 0.25) is 0 Å². The van der Waals surface area contributed by atoms with E-state index in [0.717, 1.165) is 11.8 Å². The van der Waals surface area contributed by atoms with Crippen molar-refractivity contribution in [3.63, 3.8) is 0 Å². The molecule has 0 unspecified atom stereocenters. The van der Waals surface area contributed by atoms with Crippen LogP contribution in [0.25, 0.3) is 0 Å². The van der Waals surface area contributed by atoms with Gasteiger partial charge in [0.05, 0.1) is 11.3 Å². The second-order valence-electron chi connectivity index (χ2n) is 6.80. The highest BCUT2D eigenvalue weighted by Gasteiger charge is 2.34. The Bertz CT molecular complexity index is 805. The average Bonchev–Trinajstić information content (AvgIpc) is 2.62. The lowest BCUT2D eigenvalue weighted by Gasteiger charge is -2.41. The first kappa shape index (κ1) is 19.1. The normalized spacial score (nSPS) is 17.7. The van der Waals surface area contributed by atoms with E-state index in [2.05, 4.69) is 10.2 Å². The van der Waals surface area contributed by atoms with Crippen LogP contribution in [0.15, 0.2) is 48.5 Å². The molecule has 2 aromatic carbocycles. The van der Waals surface area contributed by atoms with Crippen LogP contribution in [0.3, 0.4) is 0 Å². The average molecular weight is 377 g/mol. The minimum Gasteiger partial charge on any atom is -0.365 e. The molecule has 0 radical (unpaired) electrons. The number of rotatable bonds is 2. The highest BCUT2D eigenvalue weighted by molar-refractivity contribution is 5.90. The molecular formula is C20H22F3N3O. The lowest BCUT2D eigenvalue weighted by Crippen LogP contribution is -2.54. The van der Waals surface area contributed by atoms with Crippen molar-refractivity contribution in [3.05, 3.63) is 59.7 Å². The number of nitrogens with zero attached hydrogens (tertiary/aromatic N) is 2. The number of hydrogen-bond donors (Lipinski definition) is 1. The van der Waals surface area contributed by atoms with Crippen LogP contribution < -0.4 is 10.2 Å². The van der Waals surface area contributed by atoms with Gasteiger partial charge in [0.2, 0.25) is 0 Å². The standard InChI is InChI=1S/C20H22F3N3O/c1-14-7-9-16(10-8-14)26-12-11-25(13-15(26)2)19(27)24-18-6-4-3-5-17(18)20(21,22)23/h3-10,15H,11-13H2,1-2H3,(H,24,27)/t15-/m1/s1. The molecule has 4 nitrogen and oxygen atoms in total. The highest BCUT2D eigenvalue weighted by atomic mass is 19.4. The van der Waals surface area contributed by atoms with E-state index in [1.165, 1.54) is 23.8 Å². The number of alkyl halides is 3. The van der Waals surface area contributed by atoms with Crippen molar-refractivity contribution in [3.8, 4) is 0 Å². The van der Waals surface area contributed by atoms with Gasteiger partial charge in [-0.15, -0.1) is 0 Å². The van der Waals surface area contributed by atoms with Crippen molar-refractivity contribution >= 4 is 17.4 Å². The molecule has 1 fully saturated rings. The number of carbonyl (C=O) groups excluding carboxylic acids is 1. The molecule has 1 atom stereocenters. The number of piperazine rings is 1. The summed E-state index contributed by atoms with van der Waals surface area (Å²) in [7, 11) is 0. The number of amides is 2. The molecule has 0 aromatic heterocycles. The number of anilines is 2. The van der Waals surface area contributed by atoms with Crippen molar-refractivity contribution in [2.45, 2.75) is 26.1 Å². The summed E-state index contributed by atoms with van der Waals surface area (Å²) in [6.07, 6.45) is -4.51. The molecule has 2 amide bonds. The van der Waals surface area contributed by atoms with E-state index < -0.39 is 17.8 Å². The van der Waals surface area contributed by atoms with E-state index in [4.69, 9.17) is 0 Å². The van der Waals surface area contributed by atoms with E-state index in [9.17, 15) is 18.0 Å². The third-order valence-corrected chi connectivity index (χ3v) is 4.75. The maximum Gasteiger partial charge on any atom is 0.418 e. The fourth-order valence-electron chi connectivity index (χ4n) is 3.30. The van der Waals surface area contributed by atoms with E-state index in [-0.39, 0.29) is 11.7 Å². The number of carbonyl (C=O) groups is 1. The second kappa shape index (κ2) is 7.50. The van der Waals surface area contributed by atoms with E-state index in [1.54, 1.807) is 4.90 Å². The predicted octanol–water partition coefficient (Wildman–Crippen LogP) is 4.76. The van der Waals surface area contributed by atoms with Crippen molar-refractivity contribution in [1.29, 1.82) is 0 Å². The molecule has 27 heavy (non-hydrogen) atoms. The first-order valence-electron chi connectivity index (χ1n) is 8.81. The number of nitrogens with one attached hydrogen (secondary N) is 1. The predicted molar refractivity (Wildman–Crippen MR) is 100 cm³/mol. The molecule has 0 saturated carbocycles. The first-order valence-corrected chi connectivity index (χ1v) is 8.81. The molecule has 0 spiro atoms. The summed E-state index contributed by atoms with van der Waals surface area (Å²) in [5, 5.41) is 2.42. The largest absolute Gasteiger partial charge is 0.418 e. The number of hydrogen-bond acceptors (Lipinski definition) is 2. The van der Waals surface area contributed by atoms with Gasteiger partial charge in [0.25, 0.3) is 0 Å². The van der Waals surface area contributed by atoms with Gasteiger partial charge in [0.1, 0.15) is 0 Å². The zero-order valence-corrected chi connectivity index (χ0v) is 15.3. The topological polar surface area (TPSA) is 35.6 Å². The van der Waals surface area contributed by atoms with Crippen LogP contribution >= 0.6 is 0 Å². The number of benzene rings is 2. The Morgan fingerprint density at radius 2 is 1.74 bits per heavy atom. The van der Waals surface area contributed by atoms with Gasteiger partial charge < -0.3 is 15.1 Å². The summed E-state index contributed by atoms with van der Waals surface area (Å²) in [6.45, 7) is 5.53. The molecule has 144 valence electrons. The fourth-order valence-corrected chi connectivity index (χ4v) is 3.30. The highest BCUT2D eigenvalue weighted by Crippen LogP contribution is 2.34. The van der Waals surface area contributed by atoms with Crippen LogP contribution in [-0.2, 0) is 6.18 Å². The second-order valence-corrected chi connectivity index (χ2v) is 6.80. The smallest absolute Gasteiger partial charge is 0.365 e. The van der Waals surface area contributed by atoms with Gasteiger partial charge in [0, 0.05) is 31.4 Å². The molecule has 1 aliphatic heterocycles. The summed E-state index contributed by atoms with van der Waals surface area (Å²) in [4.78, 5) is 16.3. The Hall–Kier alpha value is -2.70. The Kier molecular flexibility index (Phi) is 5.30. The summed E-state index contributed by atoms with van der Waals surface area (Å²) in [6, 6.07) is 12.7. The Morgan fingerprint density at radius 3 is 2.37 bits per heavy atom. The molecule has 3 rings (SSSR count). The van der Waals surface area contributed by atoms with Gasteiger partial charge in [-0.3, -0.25) is 0 Å². The van der Waals surface area contributed by atoms with Gasteiger partial charge in [-0.2, -0.15) is 13.2 Å². The molecule has 1 N–H and O–H groups in total. The third kappa shape index (κ3) is 4.35. The molecule has 1 saturated heterocycles. The minimum atomic E-state index is -4.51. The number of halogens is 3. The molecule has 7 heteroatoms. The zero-order valence-electron chi connectivity index (χ0n) is 15.3. The zero-order chi connectivity index (χ0) is 19.6. The number of urea groups is 1. The van der Waals surface area contributed by atoms with Gasteiger partial charge >= 0.3 is 12.2 Å². The SMILES string of the molecule is Cc1ccc(N2CCN(C(=O)Nc3ccccc3C(F)(F)F)C[C@H]2C)cc1. The maximum atomic E-state index is 13.1. The van der Waals surface area contributed by atoms with Gasteiger partial charge in [-0.1, -0.05) is 29.8 Å². The van der Waals surface area contributed by atoms with Crippen LogP contribution in [0.4, 0.5) is 29.3 Å². The summed E-state index contributed by atoms with van der Waals surface area (Å²) in [5.41, 5.74) is 1.19. The van der Waals surface area contributed by atoms with Crippen LogP contribution in [0.1, 0.15) is 18.1 Å². The van der Waals surface area contributed by atoms with Crippen molar-refractivity contribution < 1.29 is 18.0 Å². The van der Waals surface area contributed by atoms with Gasteiger partial charge in [0.15, 0.2) is 0 Å². The number of aryl methyl sites for hydroxylation is 1. The monoisotopic (exact) mass is 377 g/mol. The summed E-state index contributed by atoms with van der Waals surface area (Å²) < 4.78 is 39.3. The number of para-hydroxylation sites is 1. The lowest BCUT2D eigenvalue weighted by molar-refractivity contribution is -0.136. The maximum absolute atomic E-state index is 13.1. The van der Waals surface area contributed by atoms with Crippen molar-refractivity contribution in [2.24, 2.45) is 0 Å². The fraction of sp³-hybridized carbons (Fsp3) is 0.350. The third-order valence-electron chi connectivity index (χ3n) is 4.75. The molecule has 2 aromatic rings. The summed E-state index contributed by atoms with van der Waals surface area (Å²) >= 11 is 0.